The van der Waals surface area contributed by atoms with Crippen LogP contribution in [0.2, 0.25) is 0 Å². The van der Waals surface area contributed by atoms with E-state index in [1.807, 2.05) is 24.3 Å². The van der Waals surface area contributed by atoms with E-state index in [1.54, 1.807) is 6.07 Å². The second-order valence-electron chi connectivity index (χ2n) is 3.54. The van der Waals surface area contributed by atoms with Gasteiger partial charge in [0.1, 0.15) is 5.52 Å². The highest BCUT2D eigenvalue weighted by atomic mass is 19.1. The van der Waals surface area contributed by atoms with Crippen molar-refractivity contribution < 1.29 is 4.39 Å². The summed E-state index contributed by atoms with van der Waals surface area (Å²) in [7, 11) is 0. The van der Waals surface area contributed by atoms with Gasteiger partial charge in [0.05, 0.1) is 5.52 Å². The normalized spacial score (nSPS) is 11.1. The fourth-order valence-electron chi connectivity index (χ4n) is 1.83. The van der Waals surface area contributed by atoms with Crippen LogP contribution in [0.3, 0.4) is 0 Å². The molecule has 0 unspecified atom stereocenters. The monoisotopic (exact) mass is 213 g/mol. The van der Waals surface area contributed by atoms with E-state index in [1.165, 1.54) is 6.07 Å². The number of anilines is 1. The van der Waals surface area contributed by atoms with E-state index >= 15 is 0 Å². The molecule has 1 aromatic carbocycles. The number of nitrogens with two attached hydrogens (primary N) is 1. The standard InChI is InChI=1S/C12H8FN3/c13-10-6-5-8-7-3-1-2-4-9(7)15-12(14)11(8)16-10/h1-6H,(H2,14,15). The summed E-state index contributed by atoms with van der Waals surface area (Å²) in [6.07, 6.45) is 0. The van der Waals surface area contributed by atoms with Gasteiger partial charge in [-0.05, 0) is 18.2 Å². The number of hydrogen-bond donors (Lipinski definition) is 1. The predicted molar refractivity (Wildman–Crippen MR) is 61.4 cm³/mol. The summed E-state index contributed by atoms with van der Waals surface area (Å²) in [6.45, 7) is 0. The van der Waals surface area contributed by atoms with Gasteiger partial charge in [0.15, 0.2) is 5.82 Å². The van der Waals surface area contributed by atoms with Crippen LogP contribution in [0.1, 0.15) is 0 Å². The molecule has 0 atom stereocenters. The third-order valence-corrected chi connectivity index (χ3v) is 2.54. The van der Waals surface area contributed by atoms with Crippen LogP contribution in [-0.2, 0) is 0 Å². The Morgan fingerprint density at radius 2 is 1.75 bits per heavy atom. The maximum Gasteiger partial charge on any atom is 0.213 e. The van der Waals surface area contributed by atoms with Crippen molar-refractivity contribution in [1.29, 1.82) is 0 Å². The molecule has 0 amide bonds. The van der Waals surface area contributed by atoms with Crippen LogP contribution < -0.4 is 5.73 Å². The van der Waals surface area contributed by atoms with Gasteiger partial charge in [-0.25, -0.2) is 9.97 Å². The molecule has 0 aliphatic rings. The van der Waals surface area contributed by atoms with Gasteiger partial charge in [0, 0.05) is 10.8 Å². The van der Waals surface area contributed by atoms with Crippen molar-refractivity contribution in [3.05, 3.63) is 42.3 Å². The fraction of sp³-hybridized carbons (Fsp3) is 0. The largest absolute Gasteiger partial charge is 0.382 e. The van der Waals surface area contributed by atoms with Crippen molar-refractivity contribution in [2.75, 3.05) is 5.73 Å². The molecule has 3 aromatic rings. The third-order valence-electron chi connectivity index (χ3n) is 2.54. The highest BCUT2D eigenvalue weighted by molar-refractivity contribution is 6.07. The SMILES string of the molecule is Nc1nc2ccccc2c2ccc(F)nc12. The molecule has 0 fully saturated rings. The van der Waals surface area contributed by atoms with Crippen molar-refractivity contribution in [2.45, 2.75) is 0 Å². The molecule has 0 aliphatic heterocycles. The fourth-order valence-corrected chi connectivity index (χ4v) is 1.83. The molecule has 4 heteroatoms. The number of para-hydroxylation sites is 1. The van der Waals surface area contributed by atoms with Crippen LogP contribution in [0.25, 0.3) is 21.8 Å². The number of rotatable bonds is 0. The smallest absolute Gasteiger partial charge is 0.213 e. The van der Waals surface area contributed by atoms with Crippen LogP contribution in [-0.4, -0.2) is 9.97 Å². The maximum atomic E-state index is 13.0. The zero-order valence-electron chi connectivity index (χ0n) is 8.31. The van der Waals surface area contributed by atoms with Gasteiger partial charge >= 0.3 is 0 Å². The number of hydrogen-bond acceptors (Lipinski definition) is 3. The van der Waals surface area contributed by atoms with E-state index in [-0.39, 0.29) is 5.82 Å². The Labute approximate surface area is 90.7 Å². The minimum Gasteiger partial charge on any atom is -0.382 e. The third kappa shape index (κ3) is 1.20. The molecule has 16 heavy (non-hydrogen) atoms. The van der Waals surface area contributed by atoms with Crippen molar-refractivity contribution in [3.8, 4) is 0 Å². The number of nitrogens with zero attached hydrogens (tertiary/aromatic N) is 2. The summed E-state index contributed by atoms with van der Waals surface area (Å²) >= 11 is 0. The first-order chi connectivity index (χ1) is 7.75. The Kier molecular flexibility index (Phi) is 1.77. The van der Waals surface area contributed by atoms with Crippen LogP contribution in [0, 0.1) is 5.95 Å². The van der Waals surface area contributed by atoms with Gasteiger partial charge in [-0.2, -0.15) is 4.39 Å². The van der Waals surface area contributed by atoms with E-state index in [9.17, 15) is 4.39 Å². The van der Waals surface area contributed by atoms with Gasteiger partial charge in [-0.15, -0.1) is 0 Å². The number of nitrogen functional groups attached to an aromatic ring is 1. The van der Waals surface area contributed by atoms with Crippen LogP contribution in [0.5, 0.6) is 0 Å². The second kappa shape index (κ2) is 3.13. The Balaban J connectivity index is 2.59. The molecule has 2 heterocycles. The molecule has 0 radical (unpaired) electrons. The van der Waals surface area contributed by atoms with Gasteiger partial charge < -0.3 is 5.73 Å². The van der Waals surface area contributed by atoms with Crippen molar-refractivity contribution >= 4 is 27.6 Å². The Hall–Kier alpha value is -2.23. The maximum absolute atomic E-state index is 13.0. The molecular weight excluding hydrogens is 205 g/mol. The molecule has 3 nitrogen and oxygen atoms in total. The summed E-state index contributed by atoms with van der Waals surface area (Å²) in [5.74, 6) is -0.288. The number of benzene rings is 1. The number of aromatic nitrogens is 2. The Morgan fingerprint density at radius 1 is 0.938 bits per heavy atom. The lowest BCUT2D eigenvalue weighted by Crippen LogP contribution is -1.96. The molecule has 2 N–H and O–H groups in total. The molecule has 0 aliphatic carbocycles. The van der Waals surface area contributed by atoms with Crippen molar-refractivity contribution in [2.24, 2.45) is 0 Å². The average molecular weight is 213 g/mol. The van der Waals surface area contributed by atoms with Crippen LogP contribution in [0.15, 0.2) is 36.4 Å². The first-order valence-corrected chi connectivity index (χ1v) is 4.86. The zero-order valence-corrected chi connectivity index (χ0v) is 8.31. The first kappa shape index (κ1) is 9.03. The molecule has 2 aromatic heterocycles. The Bertz CT molecular complexity index is 694. The molecule has 0 spiro atoms. The summed E-state index contributed by atoms with van der Waals surface area (Å²) in [5.41, 5.74) is 6.96. The van der Waals surface area contributed by atoms with Gasteiger partial charge in [0.2, 0.25) is 5.95 Å². The molecule has 78 valence electrons. The minimum atomic E-state index is -0.545. The lowest BCUT2D eigenvalue weighted by Gasteiger charge is -2.04. The van der Waals surface area contributed by atoms with E-state index in [2.05, 4.69) is 9.97 Å². The zero-order chi connectivity index (χ0) is 11.1. The lowest BCUT2D eigenvalue weighted by molar-refractivity contribution is 0.589. The molecule has 0 saturated carbocycles. The quantitative estimate of drug-likeness (QED) is 0.461. The Morgan fingerprint density at radius 3 is 2.62 bits per heavy atom. The van der Waals surface area contributed by atoms with E-state index in [0.29, 0.717) is 5.52 Å². The lowest BCUT2D eigenvalue weighted by atomic mass is 10.1. The van der Waals surface area contributed by atoms with Crippen molar-refractivity contribution in [3.63, 3.8) is 0 Å². The molecular formula is C12H8FN3. The van der Waals surface area contributed by atoms with Crippen LogP contribution >= 0.6 is 0 Å². The average Bonchev–Trinajstić information content (AvgIpc) is 2.29. The number of halogens is 1. The van der Waals surface area contributed by atoms with Crippen molar-refractivity contribution in [1.82, 2.24) is 9.97 Å². The van der Waals surface area contributed by atoms with Gasteiger partial charge in [-0.3, -0.25) is 0 Å². The minimum absolute atomic E-state index is 0.258. The predicted octanol–water partition coefficient (Wildman–Crippen LogP) is 2.50. The van der Waals surface area contributed by atoms with Crippen LogP contribution in [0.4, 0.5) is 10.2 Å². The number of fused-ring (bicyclic) bond motifs is 3. The molecule has 3 rings (SSSR count). The molecule has 0 bridgehead atoms. The van der Waals surface area contributed by atoms with Gasteiger partial charge in [0.25, 0.3) is 0 Å². The molecule has 0 saturated heterocycles. The highest BCUT2D eigenvalue weighted by Crippen LogP contribution is 2.26. The van der Waals surface area contributed by atoms with Gasteiger partial charge in [-0.1, -0.05) is 18.2 Å². The summed E-state index contributed by atoms with van der Waals surface area (Å²) in [6, 6.07) is 10.6. The van der Waals surface area contributed by atoms with E-state index in [4.69, 9.17) is 5.73 Å². The summed E-state index contributed by atoms with van der Waals surface area (Å²) in [4.78, 5) is 7.96. The second-order valence-corrected chi connectivity index (χ2v) is 3.54. The van der Waals surface area contributed by atoms with E-state index in [0.717, 1.165) is 16.3 Å². The number of pyridine rings is 2. The topological polar surface area (TPSA) is 51.8 Å². The summed E-state index contributed by atoms with van der Waals surface area (Å²) in [5, 5.41) is 1.75. The van der Waals surface area contributed by atoms with E-state index < -0.39 is 5.95 Å². The first-order valence-electron chi connectivity index (χ1n) is 4.86. The summed E-state index contributed by atoms with van der Waals surface area (Å²) < 4.78 is 13.0. The highest BCUT2D eigenvalue weighted by Gasteiger charge is 2.07.